The highest BCUT2D eigenvalue weighted by Crippen LogP contribution is 2.36. The third-order valence-corrected chi connectivity index (χ3v) is 4.43. The normalized spacial score (nSPS) is 19.8. The Labute approximate surface area is 143 Å². The number of methoxy groups -OCH3 is 1. The van der Waals surface area contributed by atoms with Gasteiger partial charge in [0.15, 0.2) is 0 Å². The van der Waals surface area contributed by atoms with E-state index in [0.29, 0.717) is 23.2 Å². The van der Waals surface area contributed by atoms with Gasteiger partial charge in [-0.15, -0.1) is 0 Å². The van der Waals surface area contributed by atoms with Crippen molar-refractivity contribution in [1.29, 1.82) is 5.26 Å². The highest BCUT2D eigenvalue weighted by molar-refractivity contribution is 5.69. The molecule has 1 aliphatic carbocycles. The van der Waals surface area contributed by atoms with Crippen molar-refractivity contribution in [2.45, 2.75) is 51.5 Å². The minimum absolute atomic E-state index is 0.294. The Bertz CT molecular complexity index is 694. The molecule has 0 radical (unpaired) electrons. The van der Waals surface area contributed by atoms with Gasteiger partial charge in [0.25, 0.3) is 0 Å². The van der Waals surface area contributed by atoms with Gasteiger partial charge in [-0.25, -0.2) is 0 Å². The molecule has 0 bridgehead atoms. The van der Waals surface area contributed by atoms with Gasteiger partial charge >= 0.3 is 0 Å². The fraction of sp³-hybridized carbons (Fsp3) is 0.474. The van der Waals surface area contributed by atoms with Crippen LogP contribution in [0, 0.1) is 11.3 Å². The minimum Gasteiger partial charge on any atom is -0.497 e. The molecule has 1 aromatic carbocycles. The Morgan fingerprint density at radius 1 is 1.25 bits per heavy atom. The van der Waals surface area contributed by atoms with Crippen molar-refractivity contribution < 1.29 is 4.74 Å². The summed E-state index contributed by atoms with van der Waals surface area (Å²) in [5, 5.41) is 17.1. The molecule has 0 saturated heterocycles. The maximum atomic E-state index is 9.59. The lowest BCUT2D eigenvalue weighted by Crippen LogP contribution is -2.26. The molecule has 3 N–H and O–H groups in total. The SMILES string of the molecule is CC.COc1cccc(-c2n[nH]c(C3CCC(N)CC3)c2C#N)c1. The van der Waals surface area contributed by atoms with E-state index in [0.717, 1.165) is 42.7 Å². The van der Waals surface area contributed by atoms with E-state index in [9.17, 15) is 5.26 Å². The van der Waals surface area contributed by atoms with Crippen molar-refractivity contribution in [3.05, 3.63) is 35.5 Å². The van der Waals surface area contributed by atoms with E-state index in [1.165, 1.54) is 0 Å². The highest BCUT2D eigenvalue weighted by atomic mass is 16.5. The third kappa shape index (κ3) is 3.77. The first-order chi connectivity index (χ1) is 11.7. The number of nitrogens with two attached hydrogens (primary N) is 1. The molecule has 128 valence electrons. The molecule has 0 aliphatic heterocycles. The lowest BCUT2D eigenvalue weighted by molar-refractivity contribution is 0.390. The number of H-pyrrole nitrogens is 1. The van der Waals surface area contributed by atoms with Gasteiger partial charge in [0, 0.05) is 17.5 Å². The maximum absolute atomic E-state index is 9.59. The molecule has 0 amide bonds. The average Bonchev–Trinajstić information content (AvgIpc) is 3.08. The molecule has 1 aliphatic rings. The van der Waals surface area contributed by atoms with E-state index in [-0.39, 0.29) is 0 Å². The number of aromatic nitrogens is 2. The quantitative estimate of drug-likeness (QED) is 0.893. The fourth-order valence-corrected chi connectivity index (χ4v) is 3.15. The predicted octanol–water partition coefficient (Wildman–Crippen LogP) is 3.97. The smallest absolute Gasteiger partial charge is 0.119 e. The summed E-state index contributed by atoms with van der Waals surface area (Å²) in [4.78, 5) is 0. The van der Waals surface area contributed by atoms with Gasteiger partial charge in [0.05, 0.1) is 12.8 Å². The van der Waals surface area contributed by atoms with Crippen molar-refractivity contribution in [3.8, 4) is 23.1 Å². The second-order valence-corrected chi connectivity index (χ2v) is 5.82. The van der Waals surface area contributed by atoms with Crippen molar-refractivity contribution >= 4 is 0 Å². The van der Waals surface area contributed by atoms with Crippen LogP contribution >= 0.6 is 0 Å². The molecule has 0 spiro atoms. The molecule has 1 aromatic heterocycles. The predicted molar refractivity (Wildman–Crippen MR) is 95.8 cm³/mol. The van der Waals surface area contributed by atoms with Gasteiger partial charge < -0.3 is 10.5 Å². The first kappa shape index (κ1) is 18.0. The van der Waals surface area contributed by atoms with Crippen molar-refractivity contribution in [3.63, 3.8) is 0 Å². The van der Waals surface area contributed by atoms with Gasteiger partial charge in [-0.05, 0) is 37.8 Å². The van der Waals surface area contributed by atoms with Crippen molar-refractivity contribution in [2.24, 2.45) is 5.73 Å². The molecule has 0 atom stereocenters. The third-order valence-electron chi connectivity index (χ3n) is 4.43. The van der Waals surface area contributed by atoms with E-state index in [4.69, 9.17) is 10.5 Å². The molecule has 2 aromatic rings. The molecule has 3 rings (SSSR count). The lowest BCUT2D eigenvalue weighted by Gasteiger charge is -2.25. The number of nitrogens with one attached hydrogen (secondary N) is 1. The zero-order valence-electron chi connectivity index (χ0n) is 14.7. The summed E-state index contributed by atoms with van der Waals surface area (Å²) in [5.74, 6) is 1.11. The Kier molecular flexibility index (Phi) is 6.39. The Balaban J connectivity index is 0.00000100. The summed E-state index contributed by atoms with van der Waals surface area (Å²) in [6, 6.07) is 10.2. The molecule has 1 fully saturated rings. The maximum Gasteiger partial charge on any atom is 0.119 e. The standard InChI is InChI=1S/C17H20N4O.C2H6/c1-22-14-4-2-3-12(9-14)17-15(10-18)16(20-21-17)11-5-7-13(19)8-6-11;1-2/h2-4,9,11,13H,5-8,19H2,1H3,(H,20,21);1-2H3. The van der Waals surface area contributed by atoms with Crippen molar-refractivity contribution in [1.82, 2.24) is 10.2 Å². The Hall–Kier alpha value is -2.32. The van der Waals surface area contributed by atoms with Crippen LogP contribution in [0.2, 0.25) is 0 Å². The largest absolute Gasteiger partial charge is 0.497 e. The highest BCUT2D eigenvalue weighted by Gasteiger charge is 2.26. The van der Waals surface area contributed by atoms with E-state index < -0.39 is 0 Å². The van der Waals surface area contributed by atoms with Crippen LogP contribution < -0.4 is 10.5 Å². The lowest BCUT2D eigenvalue weighted by atomic mass is 9.83. The molecule has 5 nitrogen and oxygen atoms in total. The molecular formula is C19H26N4O. The molecule has 5 heteroatoms. The second kappa shape index (κ2) is 8.51. The van der Waals surface area contributed by atoms with Crippen LogP contribution in [0.3, 0.4) is 0 Å². The molecule has 24 heavy (non-hydrogen) atoms. The van der Waals surface area contributed by atoms with Crippen LogP contribution in [0.5, 0.6) is 5.75 Å². The van der Waals surface area contributed by atoms with Crippen LogP contribution in [-0.4, -0.2) is 23.3 Å². The zero-order valence-corrected chi connectivity index (χ0v) is 14.7. The number of benzene rings is 1. The number of rotatable bonds is 3. The molecule has 1 saturated carbocycles. The van der Waals surface area contributed by atoms with E-state index >= 15 is 0 Å². The summed E-state index contributed by atoms with van der Waals surface area (Å²) in [7, 11) is 1.63. The monoisotopic (exact) mass is 326 g/mol. The van der Waals surface area contributed by atoms with Gasteiger partial charge in [-0.2, -0.15) is 10.4 Å². The van der Waals surface area contributed by atoms with Crippen LogP contribution in [0.15, 0.2) is 24.3 Å². The zero-order chi connectivity index (χ0) is 17.5. The number of hydrogen-bond donors (Lipinski definition) is 2. The van der Waals surface area contributed by atoms with Crippen LogP contribution in [-0.2, 0) is 0 Å². The number of nitriles is 1. The van der Waals surface area contributed by atoms with Crippen LogP contribution in [0.4, 0.5) is 0 Å². The van der Waals surface area contributed by atoms with Gasteiger partial charge in [0.1, 0.15) is 23.1 Å². The Morgan fingerprint density at radius 3 is 2.58 bits per heavy atom. The van der Waals surface area contributed by atoms with Gasteiger partial charge in [-0.1, -0.05) is 26.0 Å². The summed E-state index contributed by atoms with van der Waals surface area (Å²) in [6.07, 6.45) is 4.03. The molecule has 1 heterocycles. The Morgan fingerprint density at radius 2 is 1.96 bits per heavy atom. The minimum atomic E-state index is 0.294. The summed E-state index contributed by atoms with van der Waals surface area (Å²) >= 11 is 0. The van der Waals surface area contributed by atoms with E-state index in [1.54, 1.807) is 7.11 Å². The first-order valence-electron chi connectivity index (χ1n) is 8.61. The average molecular weight is 326 g/mol. The molecule has 0 unspecified atom stereocenters. The number of ether oxygens (including phenoxy) is 1. The number of hydrogen-bond acceptors (Lipinski definition) is 4. The van der Waals surface area contributed by atoms with Gasteiger partial charge in [-0.3, -0.25) is 5.10 Å². The van der Waals surface area contributed by atoms with Crippen LogP contribution in [0.25, 0.3) is 11.3 Å². The summed E-state index contributed by atoms with van der Waals surface area (Å²) in [5.41, 5.74) is 9.16. The first-order valence-corrected chi connectivity index (χ1v) is 8.61. The van der Waals surface area contributed by atoms with Crippen molar-refractivity contribution in [2.75, 3.05) is 7.11 Å². The van der Waals surface area contributed by atoms with Gasteiger partial charge in [0.2, 0.25) is 0 Å². The number of nitrogens with zero attached hydrogens (tertiary/aromatic N) is 2. The summed E-state index contributed by atoms with van der Waals surface area (Å²) < 4.78 is 5.25. The summed E-state index contributed by atoms with van der Waals surface area (Å²) in [6.45, 7) is 4.00. The molecular weight excluding hydrogens is 300 g/mol. The van der Waals surface area contributed by atoms with E-state index in [1.807, 2.05) is 38.1 Å². The van der Waals surface area contributed by atoms with E-state index in [2.05, 4.69) is 16.3 Å². The fourth-order valence-electron chi connectivity index (χ4n) is 3.15. The second-order valence-electron chi connectivity index (χ2n) is 5.82. The topological polar surface area (TPSA) is 87.7 Å². The number of aromatic amines is 1. The van der Waals surface area contributed by atoms with Crippen LogP contribution in [0.1, 0.15) is 56.7 Å².